The maximum Gasteiger partial charge on any atom is 0.409 e. The van der Waals surface area contributed by atoms with Crippen LogP contribution in [0, 0.1) is 0 Å². The molecule has 0 aliphatic carbocycles. The average molecular weight is 370 g/mol. The highest BCUT2D eigenvalue weighted by Crippen LogP contribution is 2.18. The Hall–Kier alpha value is -2.73. The Kier molecular flexibility index (Phi) is 6.93. The largest absolute Gasteiger partial charge is 0.492 e. The summed E-state index contributed by atoms with van der Waals surface area (Å²) in [6.07, 6.45) is -0.250. The molecular weight excluding hydrogens is 344 g/mol. The molecule has 1 saturated heterocycles. The third kappa shape index (κ3) is 5.89. The number of hydrogen-bond acceptors (Lipinski definition) is 5. The monoisotopic (exact) mass is 370 g/mol. The third-order valence-electron chi connectivity index (χ3n) is 4.55. The molecule has 2 aromatic carbocycles. The normalized spacial score (nSPS) is 14.6. The van der Waals surface area contributed by atoms with Gasteiger partial charge in [-0.15, -0.1) is 0 Å². The van der Waals surface area contributed by atoms with Crippen molar-refractivity contribution in [2.75, 3.05) is 46.4 Å². The minimum atomic E-state index is -0.250. The molecule has 1 amide bonds. The lowest BCUT2D eigenvalue weighted by Gasteiger charge is -2.33. The number of methoxy groups -OCH3 is 1. The van der Waals surface area contributed by atoms with Gasteiger partial charge in [0, 0.05) is 32.7 Å². The Morgan fingerprint density at radius 3 is 2.15 bits per heavy atom. The highest BCUT2D eigenvalue weighted by Gasteiger charge is 2.21. The quantitative estimate of drug-likeness (QED) is 0.750. The SMILES string of the molecule is COC(=O)N1CCN(CCOc2ccc(OCc3ccccc3)cc2)CC1. The van der Waals surface area contributed by atoms with Crippen molar-refractivity contribution in [2.24, 2.45) is 0 Å². The first-order valence-electron chi connectivity index (χ1n) is 9.19. The highest BCUT2D eigenvalue weighted by atomic mass is 16.5. The van der Waals surface area contributed by atoms with E-state index in [-0.39, 0.29) is 6.09 Å². The number of rotatable bonds is 7. The van der Waals surface area contributed by atoms with Gasteiger partial charge in [0.05, 0.1) is 7.11 Å². The molecule has 0 spiro atoms. The van der Waals surface area contributed by atoms with Crippen molar-refractivity contribution in [1.82, 2.24) is 9.80 Å². The fourth-order valence-corrected chi connectivity index (χ4v) is 2.95. The molecular formula is C21H26N2O4. The Morgan fingerprint density at radius 1 is 0.889 bits per heavy atom. The van der Waals surface area contributed by atoms with Crippen LogP contribution in [0.15, 0.2) is 54.6 Å². The van der Waals surface area contributed by atoms with E-state index in [2.05, 4.69) is 4.90 Å². The first-order valence-corrected chi connectivity index (χ1v) is 9.19. The zero-order valence-electron chi connectivity index (χ0n) is 15.7. The molecule has 0 bridgehead atoms. The van der Waals surface area contributed by atoms with E-state index in [9.17, 15) is 4.79 Å². The molecule has 144 valence electrons. The molecule has 2 aromatic rings. The molecule has 0 aromatic heterocycles. The predicted molar refractivity (Wildman–Crippen MR) is 103 cm³/mol. The zero-order chi connectivity index (χ0) is 18.9. The van der Waals surface area contributed by atoms with Crippen LogP contribution in [0.5, 0.6) is 11.5 Å². The van der Waals surface area contributed by atoms with Gasteiger partial charge in [-0.2, -0.15) is 0 Å². The maximum atomic E-state index is 11.5. The summed E-state index contributed by atoms with van der Waals surface area (Å²) in [5.41, 5.74) is 1.14. The second kappa shape index (κ2) is 9.83. The summed E-state index contributed by atoms with van der Waals surface area (Å²) >= 11 is 0. The van der Waals surface area contributed by atoms with Crippen LogP contribution in [0.2, 0.25) is 0 Å². The van der Waals surface area contributed by atoms with E-state index in [4.69, 9.17) is 14.2 Å². The average Bonchev–Trinajstić information content (AvgIpc) is 2.74. The number of carbonyl (C=O) groups excluding carboxylic acids is 1. The van der Waals surface area contributed by atoms with Crippen molar-refractivity contribution in [3.63, 3.8) is 0 Å². The van der Waals surface area contributed by atoms with Crippen molar-refractivity contribution in [1.29, 1.82) is 0 Å². The first kappa shape index (κ1) is 19.0. The summed E-state index contributed by atoms with van der Waals surface area (Å²) in [5, 5.41) is 0. The number of amides is 1. The van der Waals surface area contributed by atoms with Gasteiger partial charge in [-0.3, -0.25) is 4.90 Å². The minimum Gasteiger partial charge on any atom is -0.492 e. The summed E-state index contributed by atoms with van der Waals surface area (Å²) in [4.78, 5) is 15.5. The van der Waals surface area contributed by atoms with Crippen molar-refractivity contribution < 1.29 is 19.0 Å². The highest BCUT2D eigenvalue weighted by molar-refractivity contribution is 5.67. The van der Waals surface area contributed by atoms with Gasteiger partial charge in [0.1, 0.15) is 24.7 Å². The Labute approximate surface area is 160 Å². The van der Waals surface area contributed by atoms with Gasteiger partial charge in [0.25, 0.3) is 0 Å². The van der Waals surface area contributed by atoms with E-state index >= 15 is 0 Å². The fourth-order valence-electron chi connectivity index (χ4n) is 2.95. The summed E-state index contributed by atoms with van der Waals surface area (Å²) in [6, 6.07) is 17.8. The zero-order valence-corrected chi connectivity index (χ0v) is 15.7. The third-order valence-corrected chi connectivity index (χ3v) is 4.55. The molecule has 1 aliphatic rings. The molecule has 0 atom stereocenters. The van der Waals surface area contributed by atoms with Crippen LogP contribution < -0.4 is 9.47 Å². The molecule has 3 rings (SSSR count). The lowest BCUT2D eigenvalue weighted by atomic mass is 10.2. The Morgan fingerprint density at radius 2 is 1.52 bits per heavy atom. The number of hydrogen-bond donors (Lipinski definition) is 0. The molecule has 27 heavy (non-hydrogen) atoms. The predicted octanol–water partition coefficient (Wildman–Crippen LogP) is 3.03. The summed E-state index contributed by atoms with van der Waals surface area (Å²) < 4.78 is 16.3. The minimum absolute atomic E-state index is 0.250. The van der Waals surface area contributed by atoms with Gasteiger partial charge in [-0.1, -0.05) is 30.3 Å². The van der Waals surface area contributed by atoms with Gasteiger partial charge in [-0.05, 0) is 29.8 Å². The van der Waals surface area contributed by atoms with E-state index in [1.54, 1.807) is 4.90 Å². The molecule has 6 heteroatoms. The van der Waals surface area contributed by atoms with Crippen molar-refractivity contribution in [3.05, 3.63) is 60.2 Å². The van der Waals surface area contributed by atoms with Gasteiger partial charge in [0.15, 0.2) is 0 Å². The van der Waals surface area contributed by atoms with E-state index < -0.39 is 0 Å². The number of piperazine rings is 1. The fraction of sp³-hybridized carbons (Fsp3) is 0.381. The van der Waals surface area contributed by atoms with Gasteiger partial charge in [0.2, 0.25) is 0 Å². The van der Waals surface area contributed by atoms with E-state index in [1.807, 2.05) is 54.6 Å². The van der Waals surface area contributed by atoms with E-state index in [1.165, 1.54) is 7.11 Å². The summed E-state index contributed by atoms with van der Waals surface area (Å²) in [6.45, 7) is 5.07. The molecule has 0 saturated carbocycles. The molecule has 1 fully saturated rings. The van der Waals surface area contributed by atoms with E-state index in [0.717, 1.165) is 36.7 Å². The van der Waals surface area contributed by atoms with Crippen molar-refractivity contribution >= 4 is 6.09 Å². The van der Waals surface area contributed by atoms with Crippen molar-refractivity contribution in [2.45, 2.75) is 6.61 Å². The Bertz CT molecular complexity index is 698. The standard InChI is InChI=1S/C21H26N2O4/c1-25-21(24)23-13-11-22(12-14-23)15-16-26-19-7-9-20(10-8-19)27-17-18-5-3-2-4-6-18/h2-10H,11-17H2,1H3. The maximum absolute atomic E-state index is 11.5. The van der Waals surface area contributed by atoms with Crippen LogP contribution in [-0.4, -0.2) is 62.3 Å². The lowest BCUT2D eigenvalue weighted by Crippen LogP contribution is -2.49. The van der Waals surface area contributed by atoms with Crippen LogP contribution >= 0.6 is 0 Å². The van der Waals surface area contributed by atoms with Gasteiger partial charge >= 0.3 is 6.09 Å². The van der Waals surface area contributed by atoms with Crippen LogP contribution in [0.3, 0.4) is 0 Å². The second-order valence-corrected chi connectivity index (χ2v) is 6.39. The molecule has 6 nitrogen and oxygen atoms in total. The number of benzene rings is 2. The van der Waals surface area contributed by atoms with Gasteiger partial charge in [-0.25, -0.2) is 4.79 Å². The molecule has 0 N–H and O–H groups in total. The van der Waals surface area contributed by atoms with Crippen LogP contribution in [0.25, 0.3) is 0 Å². The Balaban J connectivity index is 1.35. The van der Waals surface area contributed by atoms with Crippen LogP contribution in [0.1, 0.15) is 5.56 Å². The van der Waals surface area contributed by atoms with Crippen molar-refractivity contribution in [3.8, 4) is 11.5 Å². The topological polar surface area (TPSA) is 51.2 Å². The van der Waals surface area contributed by atoms with Crippen LogP contribution in [0.4, 0.5) is 4.79 Å². The van der Waals surface area contributed by atoms with Crippen LogP contribution in [-0.2, 0) is 11.3 Å². The molecule has 0 unspecified atom stereocenters. The molecule has 1 aliphatic heterocycles. The summed E-state index contributed by atoms with van der Waals surface area (Å²) in [7, 11) is 1.42. The second-order valence-electron chi connectivity index (χ2n) is 6.39. The smallest absolute Gasteiger partial charge is 0.409 e. The number of carbonyl (C=O) groups is 1. The number of ether oxygens (including phenoxy) is 3. The molecule has 1 heterocycles. The van der Waals surface area contributed by atoms with E-state index in [0.29, 0.717) is 26.3 Å². The summed E-state index contributed by atoms with van der Waals surface area (Å²) in [5.74, 6) is 1.65. The number of nitrogens with zero attached hydrogens (tertiary/aromatic N) is 2. The first-order chi connectivity index (χ1) is 13.2. The van der Waals surface area contributed by atoms with Gasteiger partial charge < -0.3 is 19.1 Å². The molecule has 0 radical (unpaired) electrons. The lowest BCUT2D eigenvalue weighted by molar-refractivity contribution is 0.0860.